The molecule has 2 nitrogen and oxygen atoms in total. The van der Waals surface area contributed by atoms with E-state index in [0.717, 1.165) is 0 Å². The SMILES string of the molecule is CCCCCCCCn1cc[n+](CCCCCCC)c1CCCCCC. The molecule has 0 aliphatic carbocycles. The molecule has 0 saturated carbocycles. The summed E-state index contributed by atoms with van der Waals surface area (Å²) < 4.78 is 5.13. The van der Waals surface area contributed by atoms with Crippen LogP contribution >= 0.6 is 0 Å². The predicted octanol–water partition coefficient (Wildman–Crippen LogP) is 7.23. The van der Waals surface area contributed by atoms with Crippen LogP contribution in [0.1, 0.15) is 123 Å². The third kappa shape index (κ3) is 10.4. The molecule has 0 fully saturated rings. The van der Waals surface area contributed by atoms with Crippen LogP contribution in [0.3, 0.4) is 0 Å². The van der Waals surface area contributed by atoms with Crippen LogP contribution < -0.4 is 4.57 Å². The van der Waals surface area contributed by atoms with Crippen molar-refractivity contribution in [1.82, 2.24) is 4.57 Å². The van der Waals surface area contributed by atoms with Crippen molar-refractivity contribution < 1.29 is 4.57 Å². The Morgan fingerprint density at radius 2 is 1.19 bits per heavy atom. The zero-order chi connectivity index (χ0) is 18.9. The fraction of sp³-hybridized carbons (Fsp3) is 0.875. The van der Waals surface area contributed by atoms with Gasteiger partial charge < -0.3 is 0 Å². The van der Waals surface area contributed by atoms with Gasteiger partial charge in [-0.15, -0.1) is 0 Å². The topological polar surface area (TPSA) is 8.81 Å². The number of hydrogen-bond donors (Lipinski definition) is 0. The molecule has 1 aromatic heterocycles. The molecule has 0 atom stereocenters. The highest BCUT2D eigenvalue weighted by molar-refractivity contribution is 4.84. The maximum absolute atomic E-state index is 2.57. The summed E-state index contributed by atoms with van der Waals surface area (Å²) in [5.74, 6) is 1.59. The lowest BCUT2D eigenvalue weighted by Gasteiger charge is -2.06. The molecule has 1 aromatic rings. The quantitative estimate of drug-likeness (QED) is 0.192. The van der Waals surface area contributed by atoms with Gasteiger partial charge in [-0.2, -0.15) is 0 Å². The van der Waals surface area contributed by atoms with Crippen molar-refractivity contribution >= 4 is 0 Å². The molecule has 0 N–H and O–H groups in total. The normalized spacial score (nSPS) is 11.3. The van der Waals surface area contributed by atoms with E-state index in [0.29, 0.717) is 0 Å². The molecule has 0 radical (unpaired) electrons. The van der Waals surface area contributed by atoms with Crippen molar-refractivity contribution in [2.75, 3.05) is 0 Å². The molecule has 0 aromatic carbocycles. The Hall–Kier alpha value is -0.790. The lowest BCUT2D eigenvalue weighted by atomic mass is 10.1. The third-order valence-corrected chi connectivity index (χ3v) is 5.60. The predicted molar refractivity (Wildman–Crippen MR) is 115 cm³/mol. The Kier molecular flexibility index (Phi) is 14.7. The van der Waals surface area contributed by atoms with Gasteiger partial charge in [-0.05, 0) is 32.1 Å². The number of nitrogens with zero attached hydrogens (tertiary/aromatic N) is 2. The Balaban J connectivity index is 2.46. The van der Waals surface area contributed by atoms with E-state index in [1.807, 2.05) is 0 Å². The van der Waals surface area contributed by atoms with Gasteiger partial charge in [0.05, 0.1) is 13.1 Å². The number of hydrogen-bond acceptors (Lipinski definition) is 0. The Morgan fingerprint density at radius 1 is 0.654 bits per heavy atom. The van der Waals surface area contributed by atoms with Gasteiger partial charge in [0.1, 0.15) is 12.4 Å². The first-order valence-electron chi connectivity index (χ1n) is 11.9. The van der Waals surface area contributed by atoms with Crippen molar-refractivity contribution in [1.29, 1.82) is 0 Å². The van der Waals surface area contributed by atoms with E-state index < -0.39 is 0 Å². The van der Waals surface area contributed by atoms with Crippen molar-refractivity contribution in [2.45, 2.75) is 137 Å². The monoisotopic (exact) mass is 363 g/mol. The molecule has 152 valence electrons. The summed E-state index contributed by atoms with van der Waals surface area (Å²) in [5, 5.41) is 0. The van der Waals surface area contributed by atoms with Gasteiger partial charge in [-0.25, -0.2) is 9.13 Å². The Labute approximate surface area is 164 Å². The molecular formula is C24H47N2+. The summed E-state index contributed by atoms with van der Waals surface area (Å²) in [5.41, 5.74) is 0. The lowest BCUT2D eigenvalue weighted by Crippen LogP contribution is -2.37. The number of imidazole rings is 1. The molecule has 26 heavy (non-hydrogen) atoms. The minimum absolute atomic E-state index is 1.22. The van der Waals surface area contributed by atoms with E-state index in [2.05, 4.69) is 42.3 Å². The van der Waals surface area contributed by atoms with Crippen LogP contribution in [-0.4, -0.2) is 4.57 Å². The highest BCUT2D eigenvalue weighted by atomic mass is 15.1. The molecule has 0 saturated heterocycles. The third-order valence-electron chi connectivity index (χ3n) is 5.60. The molecule has 1 heterocycles. The Morgan fingerprint density at radius 3 is 1.85 bits per heavy atom. The fourth-order valence-corrected chi connectivity index (χ4v) is 3.85. The number of rotatable bonds is 18. The average molecular weight is 364 g/mol. The van der Waals surface area contributed by atoms with E-state index >= 15 is 0 Å². The first kappa shape index (κ1) is 23.2. The minimum Gasteiger partial charge on any atom is -0.234 e. The van der Waals surface area contributed by atoms with Crippen molar-refractivity contribution in [2.24, 2.45) is 0 Å². The first-order chi connectivity index (χ1) is 12.8. The second-order valence-corrected chi connectivity index (χ2v) is 8.09. The van der Waals surface area contributed by atoms with Crippen molar-refractivity contribution in [3.05, 3.63) is 18.2 Å². The van der Waals surface area contributed by atoms with Crippen LogP contribution in [0.5, 0.6) is 0 Å². The van der Waals surface area contributed by atoms with Crippen molar-refractivity contribution in [3.8, 4) is 0 Å². The summed E-state index contributed by atoms with van der Waals surface area (Å²) in [6, 6.07) is 0. The molecule has 0 amide bonds. The van der Waals surface area contributed by atoms with Crippen LogP contribution in [-0.2, 0) is 19.5 Å². The molecule has 0 bridgehead atoms. The van der Waals surface area contributed by atoms with Gasteiger partial charge in [0.2, 0.25) is 0 Å². The average Bonchev–Trinajstić information content (AvgIpc) is 3.03. The van der Waals surface area contributed by atoms with Gasteiger partial charge in [0, 0.05) is 6.42 Å². The zero-order valence-corrected chi connectivity index (χ0v) is 18.3. The summed E-state index contributed by atoms with van der Waals surface area (Å²) >= 11 is 0. The number of unbranched alkanes of at least 4 members (excludes halogenated alkanes) is 12. The molecule has 0 aliphatic heterocycles. The zero-order valence-electron chi connectivity index (χ0n) is 18.3. The largest absolute Gasteiger partial charge is 0.256 e. The van der Waals surface area contributed by atoms with Crippen LogP contribution in [0.2, 0.25) is 0 Å². The second-order valence-electron chi connectivity index (χ2n) is 8.09. The van der Waals surface area contributed by atoms with E-state index in [1.54, 1.807) is 5.82 Å². The maximum Gasteiger partial charge on any atom is 0.256 e. The van der Waals surface area contributed by atoms with Crippen LogP contribution in [0.25, 0.3) is 0 Å². The van der Waals surface area contributed by atoms with E-state index in [1.165, 1.54) is 116 Å². The maximum atomic E-state index is 2.57. The molecule has 0 aliphatic rings. The highest BCUT2D eigenvalue weighted by Crippen LogP contribution is 2.11. The summed E-state index contributed by atoms with van der Waals surface area (Å²) in [6.07, 6.45) is 26.6. The summed E-state index contributed by atoms with van der Waals surface area (Å²) in [4.78, 5) is 0. The van der Waals surface area contributed by atoms with E-state index in [-0.39, 0.29) is 0 Å². The minimum atomic E-state index is 1.22. The smallest absolute Gasteiger partial charge is 0.234 e. The molecule has 0 spiro atoms. The summed E-state index contributed by atoms with van der Waals surface area (Å²) in [7, 11) is 0. The molecule has 1 rings (SSSR count). The van der Waals surface area contributed by atoms with Gasteiger partial charge >= 0.3 is 0 Å². The van der Waals surface area contributed by atoms with Gasteiger partial charge in [-0.1, -0.05) is 85.0 Å². The number of aromatic nitrogens is 2. The van der Waals surface area contributed by atoms with Gasteiger partial charge in [0.15, 0.2) is 0 Å². The molecule has 0 unspecified atom stereocenters. The molecule has 2 heteroatoms. The first-order valence-corrected chi connectivity index (χ1v) is 11.9. The fourth-order valence-electron chi connectivity index (χ4n) is 3.85. The van der Waals surface area contributed by atoms with Gasteiger partial charge in [-0.3, -0.25) is 0 Å². The second kappa shape index (κ2) is 16.4. The van der Waals surface area contributed by atoms with Crippen LogP contribution in [0.15, 0.2) is 12.4 Å². The molecular weight excluding hydrogens is 316 g/mol. The number of aryl methyl sites for hydroxylation is 2. The van der Waals surface area contributed by atoms with Crippen LogP contribution in [0.4, 0.5) is 0 Å². The van der Waals surface area contributed by atoms with E-state index in [4.69, 9.17) is 0 Å². The highest BCUT2D eigenvalue weighted by Gasteiger charge is 2.16. The van der Waals surface area contributed by atoms with Gasteiger partial charge in [0.25, 0.3) is 5.82 Å². The standard InChI is InChI=1S/C24H47N2/c1-4-7-10-13-15-18-21-26-23-22-25(20-17-14-11-8-5-2)24(26)19-16-12-9-6-3/h22-23H,4-21H2,1-3H3/q+1. The van der Waals surface area contributed by atoms with E-state index in [9.17, 15) is 0 Å². The summed E-state index contributed by atoms with van der Waals surface area (Å²) in [6.45, 7) is 9.34. The Bertz CT molecular complexity index is 422. The van der Waals surface area contributed by atoms with Crippen molar-refractivity contribution in [3.63, 3.8) is 0 Å². The van der Waals surface area contributed by atoms with Crippen LogP contribution in [0, 0.1) is 0 Å². The lowest BCUT2D eigenvalue weighted by molar-refractivity contribution is -0.704.